The molecule has 1 unspecified atom stereocenters. The maximum Gasteiger partial charge on any atom is 0.438 e. The van der Waals surface area contributed by atoms with Gasteiger partial charge in [0.2, 0.25) is 0 Å². The van der Waals surface area contributed by atoms with Crippen LogP contribution in [0.3, 0.4) is 0 Å². The Hall–Kier alpha value is -1.54. The molecular formula is C31H44F6O4. The van der Waals surface area contributed by atoms with Crippen LogP contribution in [0.2, 0.25) is 0 Å². The topological polar surface area (TPSA) is 80.9 Å². The molecule has 41 heavy (non-hydrogen) atoms. The molecule has 3 aliphatic rings. The van der Waals surface area contributed by atoms with E-state index in [1.807, 2.05) is 6.08 Å². The quantitative estimate of drug-likeness (QED) is 0.194. The van der Waals surface area contributed by atoms with Crippen LogP contribution in [0, 0.1) is 35.0 Å². The van der Waals surface area contributed by atoms with Crippen molar-refractivity contribution in [1.82, 2.24) is 0 Å². The predicted octanol–water partition coefficient (Wildman–Crippen LogP) is 6.77. The fourth-order valence-electron chi connectivity index (χ4n) is 7.44. The average molecular weight is 595 g/mol. The van der Waals surface area contributed by atoms with Crippen molar-refractivity contribution in [2.24, 2.45) is 23.2 Å². The fourth-order valence-corrected chi connectivity index (χ4v) is 7.44. The molecule has 0 aromatic rings. The molecule has 0 bridgehead atoms. The Labute approximate surface area is 238 Å². The van der Waals surface area contributed by atoms with Crippen LogP contribution in [-0.4, -0.2) is 56.2 Å². The van der Waals surface area contributed by atoms with Gasteiger partial charge < -0.3 is 20.4 Å². The Morgan fingerprint density at radius 2 is 1.59 bits per heavy atom. The van der Waals surface area contributed by atoms with E-state index in [-0.39, 0.29) is 29.6 Å². The van der Waals surface area contributed by atoms with Gasteiger partial charge >= 0.3 is 18.0 Å². The molecule has 3 aliphatic carbocycles. The second kappa shape index (κ2) is 12.6. The Bertz CT molecular complexity index is 1000. The molecule has 234 valence electrons. The molecule has 0 aromatic heterocycles. The third kappa shape index (κ3) is 8.10. The third-order valence-corrected chi connectivity index (χ3v) is 9.50. The van der Waals surface area contributed by atoms with Gasteiger partial charge in [-0.1, -0.05) is 42.6 Å². The number of hydrogen-bond donors (Lipinski definition) is 4. The Morgan fingerprint density at radius 3 is 2.15 bits per heavy atom. The van der Waals surface area contributed by atoms with Gasteiger partial charge in [-0.3, -0.25) is 0 Å². The summed E-state index contributed by atoms with van der Waals surface area (Å²) in [7, 11) is 0. The van der Waals surface area contributed by atoms with E-state index in [1.54, 1.807) is 13.8 Å². The lowest BCUT2D eigenvalue weighted by Crippen LogP contribution is -2.55. The van der Waals surface area contributed by atoms with Crippen LogP contribution in [0.4, 0.5) is 26.3 Å². The van der Waals surface area contributed by atoms with Gasteiger partial charge in [0.25, 0.3) is 0 Å². The van der Waals surface area contributed by atoms with Gasteiger partial charge in [0.15, 0.2) is 0 Å². The van der Waals surface area contributed by atoms with Gasteiger partial charge in [-0.2, -0.15) is 26.3 Å². The minimum absolute atomic E-state index is 0.00292. The number of fused-ring (bicyclic) bond motifs is 1. The summed E-state index contributed by atoms with van der Waals surface area (Å²) < 4.78 is 79.2. The molecule has 0 aromatic carbocycles. The van der Waals surface area contributed by atoms with Crippen molar-refractivity contribution >= 4 is 0 Å². The Kier molecular flexibility index (Phi) is 10.4. The molecule has 0 spiro atoms. The summed E-state index contributed by atoms with van der Waals surface area (Å²) >= 11 is 0. The van der Waals surface area contributed by atoms with Gasteiger partial charge in [0.1, 0.15) is 0 Å². The maximum atomic E-state index is 13.2. The maximum absolute atomic E-state index is 13.2. The second-order valence-corrected chi connectivity index (χ2v) is 13.3. The number of hydrogen-bond acceptors (Lipinski definition) is 4. The van der Waals surface area contributed by atoms with Crippen molar-refractivity contribution in [2.75, 3.05) is 0 Å². The lowest BCUT2D eigenvalue weighted by Gasteiger charge is -2.45. The number of aliphatic hydroxyl groups is 4. The molecule has 0 radical (unpaired) electrons. The van der Waals surface area contributed by atoms with Crippen molar-refractivity contribution in [3.8, 4) is 11.8 Å². The van der Waals surface area contributed by atoms with E-state index in [2.05, 4.69) is 18.9 Å². The summed E-state index contributed by atoms with van der Waals surface area (Å²) in [5.74, 6) is 3.13. The summed E-state index contributed by atoms with van der Waals surface area (Å²) in [5, 5.41) is 39.7. The number of aliphatic hydroxyl groups excluding tert-OH is 2. The van der Waals surface area contributed by atoms with Crippen LogP contribution in [0.25, 0.3) is 0 Å². The zero-order chi connectivity index (χ0) is 30.9. The molecule has 4 nitrogen and oxygen atoms in total. The first-order valence-electron chi connectivity index (χ1n) is 14.6. The van der Waals surface area contributed by atoms with Crippen LogP contribution in [-0.2, 0) is 0 Å². The number of alkyl halides is 6. The van der Waals surface area contributed by atoms with Gasteiger partial charge in [-0.15, -0.1) is 0 Å². The van der Waals surface area contributed by atoms with E-state index in [0.29, 0.717) is 38.5 Å². The minimum Gasteiger partial charge on any atom is -0.393 e. The lowest BCUT2D eigenvalue weighted by molar-refractivity contribution is -0.343. The lowest BCUT2D eigenvalue weighted by atomic mass is 9.60. The summed E-state index contributed by atoms with van der Waals surface area (Å²) in [6, 6.07) is 0. The predicted molar refractivity (Wildman–Crippen MR) is 143 cm³/mol. The number of rotatable bonds is 7. The van der Waals surface area contributed by atoms with Crippen LogP contribution in [0.15, 0.2) is 23.3 Å². The van der Waals surface area contributed by atoms with Crippen molar-refractivity contribution < 1.29 is 46.8 Å². The van der Waals surface area contributed by atoms with Gasteiger partial charge in [-0.25, -0.2) is 0 Å². The van der Waals surface area contributed by atoms with E-state index in [0.717, 1.165) is 43.6 Å². The molecule has 3 saturated carbocycles. The van der Waals surface area contributed by atoms with E-state index in [4.69, 9.17) is 0 Å². The number of halogens is 6. The van der Waals surface area contributed by atoms with Crippen LogP contribution in [0.5, 0.6) is 0 Å². The monoisotopic (exact) mass is 594 g/mol. The zero-order valence-electron chi connectivity index (χ0n) is 24.1. The molecule has 4 N–H and O–H groups in total. The van der Waals surface area contributed by atoms with Gasteiger partial charge in [-0.05, 0) is 107 Å². The highest BCUT2D eigenvalue weighted by atomic mass is 19.4. The van der Waals surface area contributed by atoms with Crippen LogP contribution in [0.1, 0.15) is 97.8 Å². The van der Waals surface area contributed by atoms with Crippen molar-refractivity contribution in [2.45, 2.75) is 134 Å². The smallest absolute Gasteiger partial charge is 0.393 e. The molecule has 0 amide bonds. The third-order valence-electron chi connectivity index (χ3n) is 9.50. The first kappa shape index (κ1) is 34.0. The van der Waals surface area contributed by atoms with Crippen LogP contribution >= 0.6 is 0 Å². The van der Waals surface area contributed by atoms with E-state index in [1.165, 1.54) is 5.57 Å². The van der Waals surface area contributed by atoms with Crippen molar-refractivity contribution in [3.05, 3.63) is 23.3 Å². The highest BCUT2D eigenvalue weighted by molar-refractivity contribution is 5.27. The van der Waals surface area contributed by atoms with E-state index < -0.39 is 35.8 Å². The molecule has 10 heteroatoms. The van der Waals surface area contributed by atoms with E-state index >= 15 is 0 Å². The highest BCUT2D eigenvalue weighted by Gasteiger charge is 2.70. The van der Waals surface area contributed by atoms with Crippen LogP contribution < -0.4 is 0 Å². The summed E-state index contributed by atoms with van der Waals surface area (Å²) in [6.07, 6.45) is -2.19. The first-order chi connectivity index (χ1) is 18.8. The summed E-state index contributed by atoms with van der Waals surface area (Å²) in [5.41, 5.74) is -4.05. The normalized spacial score (nSPS) is 32.5. The Balaban J connectivity index is 1.87. The van der Waals surface area contributed by atoms with Gasteiger partial charge in [0, 0.05) is 6.42 Å². The standard InChI is InChI=1S/C31H44F6O4/c1-27(2,40)14-4-7-21(9-6-16-29(41,30(32,33)34)31(35,36)37)25-12-13-26-22(8-5-15-28(25,26)3)11-10-20-17-23(38)19-24(39)18-20/h10-11,21,23-26,38-41H,4-5,7-9,12-15,17-19H2,1-3H3/b20-10?,22-11+/t21-,23-,24?,25-,26+,28-/m1/s1. The molecule has 0 aliphatic heterocycles. The minimum atomic E-state index is -5.99. The first-order valence-corrected chi connectivity index (χ1v) is 14.6. The summed E-state index contributed by atoms with van der Waals surface area (Å²) in [6.45, 7) is 5.46. The van der Waals surface area contributed by atoms with Crippen molar-refractivity contribution in [3.63, 3.8) is 0 Å². The second-order valence-electron chi connectivity index (χ2n) is 13.3. The zero-order valence-corrected chi connectivity index (χ0v) is 24.1. The highest BCUT2D eigenvalue weighted by Crippen LogP contribution is 2.60. The molecule has 0 saturated heterocycles. The molecule has 0 heterocycles. The largest absolute Gasteiger partial charge is 0.438 e. The Morgan fingerprint density at radius 1 is 0.976 bits per heavy atom. The van der Waals surface area contributed by atoms with Crippen molar-refractivity contribution in [1.29, 1.82) is 0 Å². The average Bonchev–Trinajstić information content (AvgIpc) is 3.16. The fraction of sp³-hybridized carbons (Fsp3) is 0.806. The molecule has 3 fully saturated rings. The number of allylic oxidation sites excluding steroid dienone is 3. The van der Waals surface area contributed by atoms with E-state index in [9.17, 15) is 46.8 Å². The molecule has 6 atom stereocenters. The summed E-state index contributed by atoms with van der Waals surface area (Å²) in [4.78, 5) is 0. The molecular weight excluding hydrogens is 550 g/mol. The SMILES string of the molecule is CC(C)(O)CCC[C@H](CC#CC(O)(C(F)(F)F)C(F)(F)F)[C@H]1CC[C@H]2/C(=C/C=C3CC(O)C[C@H](O)C3)CCC[C@]12C. The molecule has 3 rings (SSSR count). The van der Waals surface area contributed by atoms with Gasteiger partial charge in [0.05, 0.1) is 17.8 Å².